The second-order valence-electron chi connectivity index (χ2n) is 4.07. The van der Waals surface area contributed by atoms with Gasteiger partial charge < -0.3 is 11.1 Å². The number of benzene rings is 1. The number of amides is 1. The fourth-order valence-electron chi connectivity index (χ4n) is 1.66. The van der Waals surface area contributed by atoms with Crippen molar-refractivity contribution in [2.75, 3.05) is 17.3 Å². The summed E-state index contributed by atoms with van der Waals surface area (Å²) < 4.78 is 0. The molecule has 1 heterocycles. The van der Waals surface area contributed by atoms with E-state index in [-0.39, 0.29) is 17.1 Å². The molecule has 0 radical (unpaired) electrons. The summed E-state index contributed by atoms with van der Waals surface area (Å²) in [5.74, 6) is -0.559. The van der Waals surface area contributed by atoms with Crippen LogP contribution in [0.3, 0.4) is 0 Å². The van der Waals surface area contributed by atoms with Crippen molar-refractivity contribution >= 4 is 34.9 Å². The zero-order valence-electron chi connectivity index (χ0n) is 11.1. The van der Waals surface area contributed by atoms with Crippen molar-refractivity contribution in [2.45, 2.75) is 4.90 Å². The number of thioether (sulfide) groups is 1. The Morgan fingerprint density at radius 1 is 1.38 bits per heavy atom. The largest absolute Gasteiger partial charge is 0.384 e. The summed E-state index contributed by atoms with van der Waals surface area (Å²) >= 11 is 1.57. The van der Waals surface area contributed by atoms with Gasteiger partial charge >= 0.3 is 0 Å². The number of nitrogen functional groups attached to an aromatic ring is 1. The summed E-state index contributed by atoms with van der Waals surface area (Å²) in [4.78, 5) is 27.1. The lowest BCUT2D eigenvalue weighted by atomic mass is 10.2. The van der Waals surface area contributed by atoms with Crippen LogP contribution in [0.15, 0.2) is 41.4 Å². The van der Waals surface area contributed by atoms with Gasteiger partial charge in [-0.15, -0.1) is 11.8 Å². The molecule has 0 saturated carbocycles. The number of hydrogen-bond donors (Lipinski definition) is 2. The van der Waals surface area contributed by atoms with Crippen LogP contribution in [0.4, 0.5) is 17.2 Å². The van der Waals surface area contributed by atoms with Gasteiger partial charge in [0, 0.05) is 10.6 Å². The van der Waals surface area contributed by atoms with E-state index in [1.54, 1.807) is 23.9 Å². The van der Waals surface area contributed by atoms with Crippen LogP contribution in [0.25, 0.3) is 0 Å². The molecule has 0 fully saturated rings. The molecule has 0 spiro atoms. The summed E-state index contributed by atoms with van der Waals surface area (Å²) in [7, 11) is 0. The molecule has 0 unspecified atom stereocenters. The minimum absolute atomic E-state index is 0.0449. The fraction of sp³-hybridized carbons (Fsp3) is 0.0769. The number of nitrogens with one attached hydrogen (secondary N) is 1. The maximum absolute atomic E-state index is 12.1. The summed E-state index contributed by atoms with van der Waals surface area (Å²) in [6.45, 7) is 0. The summed E-state index contributed by atoms with van der Waals surface area (Å²) in [6, 6.07) is 8.31. The zero-order valence-corrected chi connectivity index (χ0v) is 11.9. The van der Waals surface area contributed by atoms with Crippen molar-refractivity contribution in [3.63, 3.8) is 0 Å². The number of aromatic nitrogens is 1. The summed E-state index contributed by atoms with van der Waals surface area (Å²) in [5, 5.41) is 13.5. The molecular formula is C13H12N4O3S. The highest BCUT2D eigenvalue weighted by Gasteiger charge is 2.21. The first-order chi connectivity index (χ1) is 10.0. The number of hydrogen-bond acceptors (Lipinski definition) is 6. The van der Waals surface area contributed by atoms with Crippen molar-refractivity contribution in [2.24, 2.45) is 0 Å². The van der Waals surface area contributed by atoms with Gasteiger partial charge in [-0.2, -0.15) is 0 Å². The second kappa shape index (κ2) is 6.23. The number of nitrogens with zero attached hydrogens (tertiary/aromatic N) is 2. The molecule has 2 rings (SSSR count). The molecule has 0 aliphatic rings. The second-order valence-corrected chi connectivity index (χ2v) is 4.95. The van der Waals surface area contributed by atoms with Crippen LogP contribution in [0.2, 0.25) is 0 Å². The van der Waals surface area contributed by atoms with Crippen molar-refractivity contribution in [1.29, 1.82) is 0 Å². The third-order valence-electron chi connectivity index (χ3n) is 2.69. The zero-order chi connectivity index (χ0) is 15.4. The van der Waals surface area contributed by atoms with Crippen molar-refractivity contribution in [3.8, 4) is 0 Å². The van der Waals surface area contributed by atoms with E-state index in [2.05, 4.69) is 10.3 Å². The molecule has 108 valence electrons. The molecule has 8 heteroatoms. The topological polar surface area (TPSA) is 111 Å². The molecule has 1 aromatic carbocycles. The van der Waals surface area contributed by atoms with Crippen molar-refractivity contribution in [3.05, 3.63) is 52.2 Å². The quantitative estimate of drug-likeness (QED) is 0.510. The van der Waals surface area contributed by atoms with E-state index in [1.165, 1.54) is 6.07 Å². The number of carbonyl (C=O) groups is 1. The molecule has 0 atom stereocenters. The highest BCUT2D eigenvalue weighted by molar-refractivity contribution is 7.98. The minimum Gasteiger partial charge on any atom is -0.384 e. The lowest BCUT2D eigenvalue weighted by molar-refractivity contribution is -0.385. The molecule has 0 aliphatic heterocycles. The van der Waals surface area contributed by atoms with E-state index in [0.29, 0.717) is 5.69 Å². The molecule has 2 aromatic rings. The molecule has 3 N–H and O–H groups in total. The van der Waals surface area contributed by atoms with Crippen molar-refractivity contribution in [1.82, 2.24) is 4.98 Å². The minimum atomic E-state index is -0.668. The highest BCUT2D eigenvalue weighted by atomic mass is 32.2. The van der Waals surface area contributed by atoms with E-state index in [1.807, 2.05) is 18.4 Å². The van der Waals surface area contributed by atoms with Gasteiger partial charge in [0.1, 0.15) is 17.6 Å². The highest BCUT2D eigenvalue weighted by Crippen LogP contribution is 2.22. The maximum Gasteiger partial charge on any atom is 0.300 e. The van der Waals surface area contributed by atoms with E-state index in [4.69, 9.17) is 5.73 Å². The van der Waals surface area contributed by atoms with Gasteiger partial charge in [-0.3, -0.25) is 14.9 Å². The third kappa shape index (κ3) is 3.48. The van der Waals surface area contributed by atoms with Gasteiger partial charge in [0.15, 0.2) is 0 Å². The van der Waals surface area contributed by atoms with Crippen LogP contribution >= 0.6 is 11.8 Å². The Hall–Kier alpha value is -2.61. The van der Waals surface area contributed by atoms with Gasteiger partial charge in [0.2, 0.25) is 0 Å². The normalized spacial score (nSPS) is 10.1. The smallest absolute Gasteiger partial charge is 0.300 e. The maximum atomic E-state index is 12.1. The third-order valence-corrected chi connectivity index (χ3v) is 3.44. The number of rotatable bonds is 4. The average molecular weight is 304 g/mol. The van der Waals surface area contributed by atoms with Gasteiger partial charge in [-0.25, -0.2) is 4.98 Å². The molecular weight excluding hydrogens is 292 g/mol. The predicted octanol–water partition coefficient (Wildman–Crippen LogP) is 2.55. The molecule has 21 heavy (non-hydrogen) atoms. The average Bonchev–Trinajstić information content (AvgIpc) is 2.47. The lowest BCUT2D eigenvalue weighted by Gasteiger charge is -2.07. The lowest BCUT2D eigenvalue weighted by Crippen LogP contribution is -2.14. The first-order valence-electron chi connectivity index (χ1n) is 5.86. The van der Waals surface area contributed by atoms with E-state index < -0.39 is 10.8 Å². The van der Waals surface area contributed by atoms with Gasteiger partial charge in [0.25, 0.3) is 11.6 Å². The van der Waals surface area contributed by atoms with E-state index >= 15 is 0 Å². The van der Waals surface area contributed by atoms with Crippen LogP contribution in [-0.2, 0) is 0 Å². The molecule has 0 aliphatic carbocycles. The molecule has 0 bridgehead atoms. The van der Waals surface area contributed by atoms with Gasteiger partial charge in [-0.05, 0) is 36.6 Å². The molecule has 1 aromatic heterocycles. The predicted molar refractivity (Wildman–Crippen MR) is 81.5 cm³/mol. The number of anilines is 2. The Labute approximate surface area is 124 Å². The first kappa shape index (κ1) is 14.8. The first-order valence-corrected chi connectivity index (χ1v) is 7.09. The van der Waals surface area contributed by atoms with Crippen LogP contribution in [-0.4, -0.2) is 22.1 Å². The number of carbonyl (C=O) groups excluding carboxylic acids is 1. The van der Waals surface area contributed by atoms with Crippen LogP contribution in [0.1, 0.15) is 10.4 Å². The van der Waals surface area contributed by atoms with Crippen LogP contribution < -0.4 is 11.1 Å². The Morgan fingerprint density at radius 3 is 2.62 bits per heavy atom. The monoisotopic (exact) mass is 304 g/mol. The van der Waals surface area contributed by atoms with E-state index in [0.717, 1.165) is 11.1 Å². The van der Waals surface area contributed by atoms with Crippen LogP contribution in [0, 0.1) is 10.1 Å². The summed E-state index contributed by atoms with van der Waals surface area (Å²) in [5.41, 5.74) is 5.51. The van der Waals surface area contributed by atoms with Gasteiger partial charge in [-0.1, -0.05) is 0 Å². The van der Waals surface area contributed by atoms with E-state index in [9.17, 15) is 14.9 Å². The fourth-order valence-corrected chi connectivity index (χ4v) is 2.07. The summed E-state index contributed by atoms with van der Waals surface area (Å²) in [6.07, 6.45) is 2.91. The number of nitrogens with two attached hydrogens (primary N) is 1. The molecule has 7 nitrogen and oxygen atoms in total. The van der Waals surface area contributed by atoms with Gasteiger partial charge in [0.05, 0.1) is 4.92 Å². The SMILES string of the molecule is CSc1ccc(NC(=O)c2cc(N)ncc2[N+](=O)[O-])cc1. The Bertz CT molecular complexity index is 688. The standard InChI is InChI=1S/C13H12N4O3S/c1-21-9-4-2-8(3-5-9)16-13(18)10-6-12(14)15-7-11(10)17(19)20/h2-7H,1H3,(H2,14,15)(H,16,18). The van der Waals surface area contributed by atoms with Crippen molar-refractivity contribution < 1.29 is 9.72 Å². The Balaban J connectivity index is 2.27. The Kier molecular flexibility index (Phi) is 4.39. The Morgan fingerprint density at radius 2 is 2.05 bits per heavy atom. The molecule has 1 amide bonds. The molecule has 0 saturated heterocycles. The van der Waals surface area contributed by atoms with Crippen LogP contribution in [0.5, 0.6) is 0 Å². The number of pyridine rings is 1. The number of nitro groups is 1.